The molecule has 0 fully saturated rings. The molecule has 0 radical (unpaired) electrons. The van der Waals surface area contributed by atoms with Crippen LogP contribution in [0.15, 0.2) is 22.7 Å². The van der Waals surface area contributed by atoms with Gasteiger partial charge in [0.05, 0.1) is 35.0 Å². The number of Topliss-reactive ketones (excluding diaryl/α,β-unsaturated/α-hetero) is 1. The highest BCUT2D eigenvalue weighted by Crippen LogP contribution is 2.26. The third-order valence-electron chi connectivity index (χ3n) is 3.25. The van der Waals surface area contributed by atoms with Crippen LogP contribution in [-0.2, 0) is 13.0 Å². The molecule has 4 nitrogen and oxygen atoms in total. The van der Waals surface area contributed by atoms with Crippen molar-refractivity contribution in [1.82, 2.24) is 9.78 Å². The number of methoxy groups -OCH3 is 1. The van der Waals surface area contributed by atoms with E-state index < -0.39 is 5.82 Å². The van der Waals surface area contributed by atoms with Gasteiger partial charge in [0.1, 0.15) is 11.6 Å². The van der Waals surface area contributed by atoms with Gasteiger partial charge in [-0.3, -0.25) is 9.48 Å². The number of carbonyl (C=O) groups is 1. The molecule has 1 aromatic heterocycles. The molecule has 0 saturated heterocycles. The fourth-order valence-corrected chi connectivity index (χ4v) is 2.65. The minimum Gasteiger partial charge on any atom is -0.496 e. The number of ketones is 1. The highest BCUT2D eigenvalue weighted by atomic mass is 79.9. The molecule has 0 amide bonds. The van der Waals surface area contributed by atoms with Crippen LogP contribution in [0.1, 0.15) is 28.7 Å². The van der Waals surface area contributed by atoms with Crippen molar-refractivity contribution in [2.45, 2.75) is 26.8 Å². The van der Waals surface area contributed by atoms with Crippen molar-refractivity contribution in [2.75, 3.05) is 7.11 Å². The van der Waals surface area contributed by atoms with Crippen molar-refractivity contribution in [3.05, 3.63) is 45.4 Å². The molecule has 1 aromatic carbocycles. The molecule has 0 bridgehead atoms. The van der Waals surface area contributed by atoms with Crippen LogP contribution in [0.5, 0.6) is 5.75 Å². The number of hydrogen-bond acceptors (Lipinski definition) is 3. The van der Waals surface area contributed by atoms with Crippen LogP contribution in [0.2, 0.25) is 0 Å². The minimum absolute atomic E-state index is 0.0200. The van der Waals surface area contributed by atoms with Gasteiger partial charge in [-0.25, -0.2) is 4.39 Å². The summed E-state index contributed by atoms with van der Waals surface area (Å²) in [4.78, 5) is 12.5. The molecule has 2 rings (SSSR count). The summed E-state index contributed by atoms with van der Waals surface area (Å²) in [5.41, 5.74) is 1.53. The summed E-state index contributed by atoms with van der Waals surface area (Å²) in [5.74, 6) is -0.662. The molecular weight excluding hydrogens is 339 g/mol. The van der Waals surface area contributed by atoms with Gasteiger partial charge < -0.3 is 4.74 Å². The summed E-state index contributed by atoms with van der Waals surface area (Å²) in [6.45, 7) is 4.44. The first-order valence-electron chi connectivity index (χ1n) is 6.57. The largest absolute Gasteiger partial charge is 0.496 e. The topological polar surface area (TPSA) is 44.1 Å². The van der Waals surface area contributed by atoms with Crippen LogP contribution in [0.3, 0.4) is 0 Å². The molecule has 0 aliphatic carbocycles. The molecule has 0 N–H and O–H groups in total. The first-order chi connectivity index (χ1) is 9.99. The van der Waals surface area contributed by atoms with E-state index in [1.807, 2.05) is 13.8 Å². The highest BCUT2D eigenvalue weighted by molar-refractivity contribution is 9.10. The number of aryl methyl sites for hydroxylation is 2. The van der Waals surface area contributed by atoms with Crippen molar-refractivity contribution < 1.29 is 13.9 Å². The quantitative estimate of drug-likeness (QED) is 0.771. The molecule has 0 spiro atoms. The summed E-state index contributed by atoms with van der Waals surface area (Å²) in [7, 11) is 1.42. The maximum absolute atomic E-state index is 13.9. The van der Waals surface area contributed by atoms with Gasteiger partial charge in [-0.15, -0.1) is 0 Å². The fourth-order valence-electron chi connectivity index (χ4n) is 2.22. The second-order valence-electron chi connectivity index (χ2n) is 4.58. The molecule has 2 aromatic rings. The van der Waals surface area contributed by atoms with E-state index in [9.17, 15) is 9.18 Å². The van der Waals surface area contributed by atoms with Crippen molar-refractivity contribution in [3.63, 3.8) is 0 Å². The van der Waals surface area contributed by atoms with E-state index in [0.29, 0.717) is 6.54 Å². The first-order valence-corrected chi connectivity index (χ1v) is 7.36. The zero-order chi connectivity index (χ0) is 15.6. The summed E-state index contributed by atoms with van der Waals surface area (Å²) in [5, 5.41) is 4.33. The lowest BCUT2D eigenvalue weighted by atomic mass is 10.0. The van der Waals surface area contributed by atoms with Gasteiger partial charge in [0.25, 0.3) is 0 Å². The molecule has 0 aliphatic rings. The minimum atomic E-state index is -0.574. The number of ether oxygens (including phenoxy) is 1. The zero-order valence-corrected chi connectivity index (χ0v) is 13.7. The van der Waals surface area contributed by atoms with E-state index >= 15 is 0 Å². The maximum atomic E-state index is 13.9. The monoisotopic (exact) mass is 354 g/mol. The Morgan fingerprint density at radius 3 is 2.81 bits per heavy atom. The van der Waals surface area contributed by atoms with Gasteiger partial charge in [-0.2, -0.15) is 5.10 Å². The van der Waals surface area contributed by atoms with Gasteiger partial charge in [0.2, 0.25) is 0 Å². The third kappa shape index (κ3) is 3.00. The Morgan fingerprint density at radius 1 is 1.48 bits per heavy atom. The predicted molar refractivity (Wildman–Crippen MR) is 81.3 cm³/mol. The summed E-state index contributed by atoms with van der Waals surface area (Å²) in [6, 6.07) is 4.35. The average molecular weight is 355 g/mol. The number of hydrogen-bond donors (Lipinski definition) is 0. The normalized spacial score (nSPS) is 10.7. The standard InChI is InChI=1S/C15H16BrFN2O2/c1-4-19-11(15(16)9(2)18-19)8-12(20)14-10(17)6-5-7-13(14)21-3/h5-7H,4,8H2,1-3H3. The number of rotatable bonds is 5. The summed E-state index contributed by atoms with van der Waals surface area (Å²) >= 11 is 3.44. The SMILES string of the molecule is CCn1nc(C)c(Br)c1CC(=O)c1c(F)cccc1OC. The van der Waals surface area contributed by atoms with E-state index in [4.69, 9.17) is 4.74 Å². The van der Waals surface area contributed by atoms with Crippen LogP contribution in [0, 0.1) is 12.7 Å². The second kappa shape index (κ2) is 6.39. The number of carbonyl (C=O) groups excluding carboxylic acids is 1. The molecule has 1 heterocycles. The molecule has 0 aliphatic heterocycles. The van der Waals surface area contributed by atoms with Gasteiger partial charge in [0, 0.05) is 6.54 Å². The summed E-state index contributed by atoms with van der Waals surface area (Å²) in [6.07, 6.45) is 0.0621. The third-order valence-corrected chi connectivity index (χ3v) is 4.29. The number of benzene rings is 1. The number of nitrogens with zero attached hydrogens (tertiary/aromatic N) is 2. The Kier molecular flexibility index (Phi) is 4.77. The Balaban J connectivity index is 2.40. The smallest absolute Gasteiger partial charge is 0.175 e. The average Bonchev–Trinajstić information content (AvgIpc) is 2.74. The summed E-state index contributed by atoms with van der Waals surface area (Å²) < 4.78 is 21.6. The Hall–Kier alpha value is -1.69. The Morgan fingerprint density at radius 2 is 2.19 bits per heavy atom. The predicted octanol–water partition coefficient (Wildman–Crippen LogP) is 3.55. The van der Waals surface area contributed by atoms with Crippen LogP contribution in [0.25, 0.3) is 0 Å². The van der Waals surface area contributed by atoms with E-state index in [2.05, 4.69) is 21.0 Å². The van der Waals surface area contributed by atoms with E-state index in [0.717, 1.165) is 15.9 Å². The fraction of sp³-hybridized carbons (Fsp3) is 0.333. The Labute approximate surface area is 131 Å². The van der Waals surface area contributed by atoms with Crippen molar-refractivity contribution in [2.24, 2.45) is 0 Å². The van der Waals surface area contributed by atoms with Gasteiger partial charge in [-0.05, 0) is 41.9 Å². The second-order valence-corrected chi connectivity index (χ2v) is 5.37. The molecule has 0 saturated carbocycles. The number of aromatic nitrogens is 2. The zero-order valence-electron chi connectivity index (χ0n) is 12.1. The van der Waals surface area contributed by atoms with E-state index in [-0.39, 0.29) is 23.5 Å². The lowest BCUT2D eigenvalue weighted by Gasteiger charge is -2.09. The lowest BCUT2D eigenvalue weighted by molar-refractivity contribution is 0.0983. The van der Waals surface area contributed by atoms with E-state index in [1.165, 1.54) is 19.2 Å². The van der Waals surface area contributed by atoms with Crippen molar-refractivity contribution in [3.8, 4) is 5.75 Å². The maximum Gasteiger partial charge on any atom is 0.175 e. The van der Waals surface area contributed by atoms with Crippen molar-refractivity contribution >= 4 is 21.7 Å². The van der Waals surface area contributed by atoms with Crippen LogP contribution in [0.4, 0.5) is 4.39 Å². The van der Waals surface area contributed by atoms with E-state index in [1.54, 1.807) is 10.7 Å². The number of halogens is 2. The molecule has 0 atom stereocenters. The molecular formula is C15H16BrFN2O2. The van der Waals surface area contributed by atoms with Crippen molar-refractivity contribution in [1.29, 1.82) is 0 Å². The molecule has 6 heteroatoms. The Bertz CT molecular complexity index is 683. The molecule has 112 valence electrons. The molecule has 21 heavy (non-hydrogen) atoms. The first kappa shape index (κ1) is 15.7. The van der Waals surface area contributed by atoms with Gasteiger partial charge >= 0.3 is 0 Å². The van der Waals surface area contributed by atoms with Crippen LogP contribution in [-0.4, -0.2) is 22.7 Å². The molecule has 0 unspecified atom stereocenters. The van der Waals surface area contributed by atoms with Crippen LogP contribution >= 0.6 is 15.9 Å². The van der Waals surface area contributed by atoms with Crippen LogP contribution < -0.4 is 4.74 Å². The van der Waals surface area contributed by atoms with Gasteiger partial charge in [-0.1, -0.05) is 6.07 Å². The lowest BCUT2D eigenvalue weighted by Crippen LogP contribution is -2.12. The highest BCUT2D eigenvalue weighted by Gasteiger charge is 2.21. The van der Waals surface area contributed by atoms with Gasteiger partial charge in [0.15, 0.2) is 5.78 Å².